The molecule has 360 valence electrons. The maximum absolute atomic E-state index is 12.4. The Balaban J connectivity index is 3.46. The van der Waals surface area contributed by atoms with E-state index < -0.39 is 12.1 Å². The van der Waals surface area contributed by atoms with Gasteiger partial charge in [0.25, 0.3) is 0 Å². The molecule has 0 rings (SSSR count). The fourth-order valence-corrected chi connectivity index (χ4v) is 8.27. The van der Waals surface area contributed by atoms with Crippen molar-refractivity contribution in [1.29, 1.82) is 0 Å². The van der Waals surface area contributed by atoms with Crippen LogP contribution < -0.4 is 5.32 Å². The number of carbonyl (C=O) groups is 2. The van der Waals surface area contributed by atoms with Crippen molar-refractivity contribution in [2.45, 2.75) is 302 Å². The van der Waals surface area contributed by atoms with E-state index in [1.54, 1.807) is 6.08 Å². The first-order chi connectivity index (χ1) is 30.0. The van der Waals surface area contributed by atoms with E-state index in [0.29, 0.717) is 19.4 Å². The Morgan fingerprint density at radius 1 is 0.443 bits per heavy atom. The molecule has 0 aliphatic carbocycles. The third kappa shape index (κ3) is 47.7. The molecule has 0 aromatic carbocycles. The second-order valence-corrected chi connectivity index (χ2v) is 18.6. The van der Waals surface area contributed by atoms with E-state index in [0.717, 1.165) is 57.8 Å². The molecule has 6 nitrogen and oxygen atoms in total. The number of aliphatic hydroxyl groups is 2. The largest absolute Gasteiger partial charge is 0.466 e. The van der Waals surface area contributed by atoms with Crippen LogP contribution in [0.2, 0.25) is 0 Å². The molecule has 0 spiro atoms. The zero-order chi connectivity index (χ0) is 44.4. The lowest BCUT2D eigenvalue weighted by atomic mass is 10.0. The minimum absolute atomic E-state index is 0.00990. The average Bonchev–Trinajstić information content (AvgIpc) is 3.26. The van der Waals surface area contributed by atoms with E-state index >= 15 is 0 Å². The second kappa shape index (κ2) is 51.0. The molecule has 0 aromatic heterocycles. The molecule has 61 heavy (non-hydrogen) atoms. The van der Waals surface area contributed by atoms with Crippen LogP contribution >= 0.6 is 0 Å². The molecule has 6 heteroatoms. The SMILES string of the molecule is CCCCCCCCC/C=C\CCCCCCCCCC(=O)OCCCCCCCCCCCCCCCC(=O)NC(CO)C(O)/C=C/CCCCCCCCCCCCC. The van der Waals surface area contributed by atoms with Crippen LogP contribution in [0.25, 0.3) is 0 Å². The summed E-state index contributed by atoms with van der Waals surface area (Å²) in [6, 6.07) is -0.636. The van der Waals surface area contributed by atoms with E-state index in [4.69, 9.17) is 4.74 Å². The van der Waals surface area contributed by atoms with Gasteiger partial charge in [0.15, 0.2) is 0 Å². The summed E-state index contributed by atoms with van der Waals surface area (Å²) in [5.41, 5.74) is 0. The monoisotopic (exact) mass is 860 g/mol. The van der Waals surface area contributed by atoms with Crippen LogP contribution in [-0.4, -0.2) is 47.4 Å². The number of esters is 1. The molecule has 0 aliphatic rings. The van der Waals surface area contributed by atoms with Crippen molar-refractivity contribution in [2.24, 2.45) is 0 Å². The summed E-state index contributed by atoms with van der Waals surface area (Å²) < 4.78 is 5.47. The summed E-state index contributed by atoms with van der Waals surface area (Å²) in [4.78, 5) is 24.5. The smallest absolute Gasteiger partial charge is 0.305 e. The first kappa shape index (κ1) is 59.3. The van der Waals surface area contributed by atoms with Crippen LogP contribution in [0.3, 0.4) is 0 Å². The van der Waals surface area contributed by atoms with Gasteiger partial charge < -0.3 is 20.3 Å². The van der Waals surface area contributed by atoms with Crippen molar-refractivity contribution < 1.29 is 24.5 Å². The van der Waals surface area contributed by atoms with Crippen LogP contribution in [0.1, 0.15) is 290 Å². The number of aliphatic hydroxyl groups excluding tert-OH is 2. The van der Waals surface area contributed by atoms with E-state index in [1.165, 1.54) is 205 Å². The zero-order valence-corrected chi connectivity index (χ0v) is 40.9. The summed E-state index contributed by atoms with van der Waals surface area (Å²) in [7, 11) is 0. The summed E-state index contributed by atoms with van der Waals surface area (Å²) in [6.07, 6.45) is 60.4. The van der Waals surface area contributed by atoms with Gasteiger partial charge >= 0.3 is 5.97 Å². The highest BCUT2D eigenvalue weighted by Crippen LogP contribution is 2.16. The summed E-state index contributed by atoms with van der Waals surface area (Å²) in [5.74, 6) is -0.0908. The number of carbonyl (C=O) groups excluding carboxylic acids is 2. The highest BCUT2D eigenvalue weighted by Gasteiger charge is 2.18. The van der Waals surface area contributed by atoms with Gasteiger partial charge in [0, 0.05) is 12.8 Å². The number of nitrogens with one attached hydrogen (secondary N) is 1. The molecule has 3 N–H and O–H groups in total. The third-order valence-electron chi connectivity index (χ3n) is 12.5. The summed E-state index contributed by atoms with van der Waals surface area (Å²) in [5, 5.41) is 23.0. The molecule has 0 fully saturated rings. The van der Waals surface area contributed by atoms with E-state index in [2.05, 4.69) is 31.3 Å². The lowest BCUT2D eigenvalue weighted by molar-refractivity contribution is -0.143. The van der Waals surface area contributed by atoms with Crippen LogP contribution in [0.15, 0.2) is 24.3 Å². The standard InChI is InChI=1S/C55H105NO5/c1-3-5-7-9-11-13-15-17-18-19-20-21-25-29-33-37-41-45-49-55(60)61-50-46-42-38-34-30-26-22-24-28-32-36-40-44-48-54(59)56-52(51-57)53(58)47-43-39-35-31-27-23-16-14-12-10-8-6-4-2/h18-19,43,47,52-53,57-58H,3-17,20-42,44-46,48-51H2,1-2H3,(H,56,59)/b19-18-,47-43+. The van der Waals surface area contributed by atoms with Crippen LogP contribution in [-0.2, 0) is 14.3 Å². The molecule has 0 radical (unpaired) electrons. The highest BCUT2D eigenvalue weighted by molar-refractivity contribution is 5.76. The fraction of sp³-hybridized carbons (Fsp3) is 0.891. The number of rotatable bonds is 50. The lowest BCUT2D eigenvalue weighted by Gasteiger charge is -2.20. The molecule has 2 unspecified atom stereocenters. The van der Waals surface area contributed by atoms with Gasteiger partial charge in [-0.15, -0.1) is 0 Å². The topological polar surface area (TPSA) is 95.9 Å². The number of hydrogen-bond acceptors (Lipinski definition) is 5. The van der Waals surface area contributed by atoms with Gasteiger partial charge in [-0.2, -0.15) is 0 Å². The zero-order valence-electron chi connectivity index (χ0n) is 40.9. The first-order valence-electron chi connectivity index (χ1n) is 27.1. The van der Waals surface area contributed by atoms with Crippen LogP contribution in [0.4, 0.5) is 0 Å². The normalized spacial score (nSPS) is 12.8. The minimum Gasteiger partial charge on any atom is -0.466 e. The Hall–Kier alpha value is -1.66. The Labute approximate surface area is 380 Å². The molecule has 0 saturated carbocycles. The fourth-order valence-electron chi connectivity index (χ4n) is 8.27. The first-order valence-corrected chi connectivity index (χ1v) is 27.1. The summed E-state index contributed by atoms with van der Waals surface area (Å²) >= 11 is 0. The quantitative estimate of drug-likeness (QED) is 0.0322. The number of ether oxygens (including phenoxy) is 1. The van der Waals surface area contributed by atoms with Crippen LogP contribution in [0.5, 0.6) is 0 Å². The predicted molar refractivity (Wildman–Crippen MR) is 264 cm³/mol. The molecule has 0 bridgehead atoms. The maximum atomic E-state index is 12.4. The number of hydrogen-bond donors (Lipinski definition) is 3. The number of amides is 1. The molecule has 0 saturated heterocycles. The van der Waals surface area contributed by atoms with Gasteiger partial charge in [-0.05, 0) is 57.8 Å². The van der Waals surface area contributed by atoms with Crippen LogP contribution in [0, 0.1) is 0 Å². The van der Waals surface area contributed by atoms with Crippen molar-refractivity contribution in [3.05, 3.63) is 24.3 Å². The van der Waals surface area contributed by atoms with Gasteiger partial charge in [0.1, 0.15) is 0 Å². The maximum Gasteiger partial charge on any atom is 0.305 e. The van der Waals surface area contributed by atoms with Crippen molar-refractivity contribution in [2.75, 3.05) is 13.2 Å². The van der Waals surface area contributed by atoms with Crippen molar-refractivity contribution in [3.8, 4) is 0 Å². The average molecular weight is 860 g/mol. The van der Waals surface area contributed by atoms with Gasteiger partial charge in [-0.25, -0.2) is 0 Å². The summed E-state index contributed by atoms with van der Waals surface area (Å²) in [6.45, 7) is 4.87. The van der Waals surface area contributed by atoms with Gasteiger partial charge in [-0.3, -0.25) is 9.59 Å². The van der Waals surface area contributed by atoms with Crippen molar-refractivity contribution in [3.63, 3.8) is 0 Å². The Kier molecular flexibility index (Phi) is 49.6. The molecular formula is C55H105NO5. The molecule has 2 atom stereocenters. The Morgan fingerprint density at radius 3 is 1.16 bits per heavy atom. The molecule has 1 amide bonds. The van der Waals surface area contributed by atoms with E-state index in [9.17, 15) is 19.8 Å². The van der Waals surface area contributed by atoms with Crippen molar-refractivity contribution in [1.82, 2.24) is 5.32 Å². The number of unbranched alkanes of at least 4 members (excludes halogenated alkanes) is 37. The van der Waals surface area contributed by atoms with E-state index in [1.807, 2.05) is 6.08 Å². The second-order valence-electron chi connectivity index (χ2n) is 18.6. The third-order valence-corrected chi connectivity index (χ3v) is 12.5. The van der Waals surface area contributed by atoms with E-state index in [-0.39, 0.29) is 18.5 Å². The molecule has 0 heterocycles. The van der Waals surface area contributed by atoms with Gasteiger partial charge in [0.05, 0.1) is 25.4 Å². The van der Waals surface area contributed by atoms with Gasteiger partial charge in [-0.1, -0.05) is 244 Å². The molecular weight excluding hydrogens is 755 g/mol. The highest BCUT2D eigenvalue weighted by atomic mass is 16.5. The lowest BCUT2D eigenvalue weighted by Crippen LogP contribution is -2.45. The van der Waals surface area contributed by atoms with Gasteiger partial charge in [0.2, 0.25) is 5.91 Å². The predicted octanol–water partition coefficient (Wildman–Crippen LogP) is 16.3. The minimum atomic E-state index is -0.852. The molecule has 0 aliphatic heterocycles. The Morgan fingerprint density at radius 2 is 0.770 bits per heavy atom. The van der Waals surface area contributed by atoms with Crippen molar-refractivity contribution >= 4 is 11.9 Å². The number of allylic oxidation sites excluding steroid dienone is 3. The Bertz CT molecular complexity index is 951. The molecule has 0 aromatic rings.